The Balaban J connectivity index is 0.000000593. The Bertz CT molecular complexity index is 468. The van der Waals surface area contributed by atoms with Gasteiger partial charge in [-0.2, -0.15) is 0 Å². The molecule has 4 heteroatoms. The lowest BCUT2D eigenvalue weighted by Gasteiger charge is -2.19. The predicted octanol–water partition coefficient (Wildman–Crippen LogP) is 4.13. The zero-order valence-corrected chi connectivity index (χ0v) is 16.5. The molecule has 1 fully saturated rings. The lowest BCUT2D eigenvalue weighted by atomic mass is 10.0. The van der Waals surface area contributed by atoms with E-state index in [0.29, 0.717) is 5.92 Å². The van der Waals surface area contributed by atoms with Gasteiger partial charge in [0.2, 0.25) is 0 Å². The normalized spacial score (nSPS) is 18.4. The van der Waals surface area contributed by atoms with E-state index < -0.39 is 11.0 Å². The molecule has 1 aliphatic rings. The zero-order chi connectivity index (χ0) is 17.4. The highest BCUT2D eigenvalue weighted by atomic mass is 32.2. The van der Waals surface area contributed by atoms with Gasteiger partial charge in [0.1, 0.15) is 11.0 Å². The summed E-state index contributed by atoms with van der Waals surface area (Å²) in [7, 11) is 1.12. The number of hydrogen-bond donors (Lipinski definition) is 0. The van der Waals surface area contributed by atoms with Gasteiger partial charge in [0.05, 0.1) is 4.90 Å². The van der Waals surface area contributed by atoms with Crippen LogP contribution in [-0.4, -0.2) is 46.6 Å². The van der Waals surface area contributed by atoms with Gasteiger partial charge in [-0.05, 0) is 49.5 Å². The summed E-state index contributed by atoms with van der Waals surface area (Å²) in [6, 6.07) is 8.23. The molecule has 0 saturated carbocycles. The van der Waals surface area contributed by atoms with E-state index in [1.807, 2.05) is 12.1 Å². The summed E-state index contributed by atoms with van der Waals surface area (Å²) in [6.45, 7) is 14.8. The first-order valence-corrected chi connectivity index (χ1v) is 9.87. The second-order valence-electron chi connectivity index (χ2n) is 7.29. The van der Waals surface area contributed by atoms with Gasteiger partial charge >= 0.3 is 0 Å². The van der Waals surface area contributed by atoms with Crippen LogP contribution in [0.3, 0.4) is 0 Å². The van der Waals surface area contributed by atoms with E-state index in [1.165, 1.54) is 5.56 Å². The third-order valence-electron chi connectivity index (χ3n) is 3.66. The molecule has 1 heterocycles. The van der Waals surface area contributed by atoms with Crippen molar-refractivity contribution in [3.05, 3.63) is 29.8 Å². The van der Waals surface area contributed by atoms with Gasteiger partial charge in [-0.25, -0.2) is 8.51 Å². The van der Waals surface area contributed by atoms with Gasteiger partial charge in [0.15, 0.2) is 0 Å². The Kier molecular flexibility index (Phi) is 9.03. The highest BCUT2D eigenvalue weighted by Crippen LogP contribution is 2.18. The first kappa shape index (κ1) is 20.3. The fourth-order valence-electron chi connectivity index (χ4n) is 2.31. The van der Waals surface area contributed by atoms with Crippen molar-refractivity contribution in [2.45, 2.75) is 51.9 Å². The Hall–Kier alpha value is -0.710. The molecule has 0 aliphatic carbocycles. The molecule has 1 aromatic carbocycles. The summed E-state index contributed by atoms with van der Waals surface area (Å²) in [5.41, 5.74) is 1.30. The molecule has 0 spiro atoms. The molecule has 1 aromatic rings. The number of benzene rings is 1. The van der Waals surface area contributed by atoms with Crippen molar-refractivity contribution in [1.29, 1.82) is 0 Å². The molecule has 0 amide bonds. The highest BCUT2D eigenvalue weighted by molar-refractivity contribution is 7.82. The van der Waals surface area contributed by atoms with Gasteiger partial charge in [0.25, 0.3) is 0 Å². The van der Waals surface area contributed by atoms with Gasteiger partial charge in [-0.15, -0.1) is 0 Å². The molecule has 3 nitrogen and oxygen atoms in total. The quantitative estimate of drug-likeness (QED) is 0.827. The lowest BCUT2D eigenvalue weighted by Crippen LogP contribution is -2.30. The maximum Gasteiger partial charge on any atom is 0.127 e. The minimum Gasteiger partial charge on any atom is -0.305 e. The fraction of sp³-hybridized carbons (Fsp3) is 0.684. The first-order valence-electron chi connectivity index (χ1n) is 8.76. The minimum absolute atomic E-state index is 0.523. The van der Waals surface area contributed by atoms with Crippen LogP contribution in [0.15, 0.2) is 29.2 Å². The SMILES string of the molecule is CC(C)C.CC(C)c1ccc(S(=O)N2CCCN(C)CC2)cc1. The van der Waals surface area contributed by atoms with Crippen molar-refractivity contribution in [1.82, 2.24) is 9.21 Å². The second-order valence-corrected chi connectivity index (χ2v) is 8.78. The number of rotatable bonds is 3. The van der Waals surface area contributed by atoms with Gasteiger partial charge < -0.3 is 4.90 Å². The average Bonchev–Trinajstić information content (AvgIpc) is 2.71. The van der Waals surface area contributed by atoms with Crippen molar-refractivity contribution in [2.24, 2.45) is 5.92 Å². The standard InChI is InChI=1S/C15H24N2OS.C4H10/c1-13(2)14-5-7-15(8-6-14)19(18)17-10-4-9-16(3)11-12-17;1-4(2)3/h5-8,13H,4,9-12H2,1-3H3;4H,1-3H3. The Morgan fingerprint density at radius 3 is 2.00 bits per heavy atom. The topological polar surface area (TPSA) is 23.6 Å². The van der Waals surface area contributed by atoms with Crippen LogP contribution in [0, 0.1) is 5.92 Å². The van der Waals surface area contributed by atoms with Crippen molar-refractivity contribution >= 4 is 11.0 Å². The van der Waals surface area contributed by atoms with Crippen molar-refractivity contribution in [2.75, 3.05) is 33.2 Å². The largest absolute Gasteiger partial charge is 0.305 e. The number of nitrogens with zero attached hydrogens (tertiary/aromatic N) is 2. The summed E-state index contributed by atoms with van der Waals surface area (Å²) in [5.74, 6) is 1.36. The summed E-state index contributed by atoms with van der Waals surface area (Å²) in [5, 5.41) is 0. The van der Waals surface area contributed by atoms with E-state index in [-0.39, 0.29) is 0 Å². The fourth-order valence-corrected chi connectivity index (χ4v) is 3.52. The Morgan fingerprint density at radius 1 is 0.913 bits per heavy atom. The van der Waals surface area contributed by atoms with Crippen LogP contribution in [0.2, 0.25) is 0 Å². The third-order valence-corrected chi connectivity index (χ3v) is 5.17. The molecule has 23 heavy (non-hydrogen) atoms. The van der Waals surface area contributed by atoms with Crippen molar-refractivity contribution in [3.8, 4) is 0 Å². The molecule has 1 atom stereocenters. The monoisotopic (exact) mass is 338 g/mol. The van der Waals surface area contributed by atoms with Crippen LogP contribution in [0.4, 0.5) is 0 Å². The van der Waals surface area contributed by atoms with Gasteiger partial charge in [-0.1, -0.05) is 46.8 Å². The molecule has 0 N–H and O–H groups in total. The molecule has 2 rings (SSSR count). The first-order chi connectivity index (χ1) is 10.8. The molecular formula is C19H34N2OS. The maximum atomic E-state index is 12.6. The minimum atomic E-state index is -1.01. The summed E-state index contributed by atoms with van der Waals surface area (Å²) in [6.07, 6.45) is 1.09. The Labute approximate surface area is 145 Å². The van der Waals surface area contributed by atoms with Crippen LogP contribution in [-0.2, 0) is 11.0 Å². The van der Waals surface area contributed by atoms with E-state index in [4.69, 9.17) is 0 Å². The molecule has 0 aromatic heterocycles. The van der Waals surface area contributed by atoms with E-state index in [0.717, 1.165) is 43.4 Å². The van der Waals surface area contributed by atoms with Crippen molar-refractivity contribution < 1.29 is 4.21 Å². The molecule has 1 saturated heterocycles. The van der Waals surface area contributed by atoms with E-state index >= 15 is 0 Å². The predicted molar refractivity (Wildman–Crippen MR) is 101 cm³/mol. The molecule has 1 aliphatic heterocycles. The third kappa shape index (κ3) is 7.60. The van der Waals surface area contributed by atoms with Crippen LogP contribution < -0.4 is 0 Å². The lowest BCUT2D eigenvalue weighted by molar-refractivity contribution is 0.350. The van der Waals surface area contributed by atoms with E-state index in [1.54, 1.807) is 0 Å². The smallest absolute Gasteiger partial charge is 0.127 e. The van der Waals surface area contributed by atoms with E-state index in [9.17, 15) is 4.21 Å². The molecule has 0 radical (unpaired) electrons. The van der Waals surface area contributed by atoms with Crippen LogP contribution >= 0.6 is 0 Å². The molecule has 1 unspecified atom stereocenters. The molecule has 132 valence electrons. The van der Waals surface area contributed by atoms with Gasteiger partial charge in [-0.3, -0.25) is 0 Å². The van der Waals surface area contributed by atoms with Crippen LogP contribution in [0.5, 0.6) is 0 Å². The molecule has 0 bridgehead atoms. The number of hydrogen-bond acceptors (Lipinski definition) is 2. The summed E-state index contributed by atoms with van der Waals surface area (Å²) >= 11 is 0. The van der Waals surface area contributed by atoms with Crippen LogP contribution in [0.1, 0.15) is 52.5 Å². The summed E-state index contributed by atoms with van der Waals surface area (Å²) in [4.78, 5) is 3.23. The summed E-state index contributed by atoms with van der Waals surface area (Å²) < 4.78 is 14.6. The highest BCUT2D eigenvalue weighted by Gasteiger charge is 2.18. The second kappa shape index (κ2) is 10.2. The zero-order valence-electron chi connectivity index (χ0n) is 15.7. The van der Waals surface area contributed by atoms with Gasteiger partial charge in [0, 0.05) is 19.6 Å². The maximum absolute atomic E-state index is 12.6. The van der Waals surface area contributed by atoms with Crippen molar-refractivity contribution in [3.63, 3.8) is 0 Å². The Morgan fingerprint density at radius 2 is 1.48 bits per heavy atom. The van der Waals surface area contributed by atoms with E-state index in [2.05, 4.69) is 63.0 Å². The average molecular weight is 339 g/mol. The number of likely N-dealkylation sites (N-methyl/N-ethyl adjacent to an activating group) is 1. The molecular weight excluding hydrogens is 304 g/mol. The van der Waals surface area contributed by atoms with Crippen LogP contribution in [0.25, 0.3) is 0 Å².